The van der Waals surface area contributed by atoms with Crippen LogP contribution in [0.25, 0.3) is 0 Å². The molecule has 0 fully saturated rings. The lowest BCUT2D eigenvalue weighted by Crippen LogP contribution is -2.32. The zero-order valence-corrected chi connectivity index (χ0v) is 14.6. The number of nitrogens with zero attached hydrogens (tertiary/aromatic N) is 3. The Morgan fingerprint density at radius 2 is 2.33 bits per heavy atom. The topological polar surface area (TPSA) is 70.7 Å². The highest BCUT2D eigenvalue weighted by molar-refractivity contribution is 7.12. The van der Waals surface area contributed by atoms with Crippen molar-refractivity contribution in [1.29, 1.82) is 5.26 Å². The van der Waals surface area contributed by atoms with E-state index in [0.717, 1.165) is 22.7 Å². The number of aromatic nitrogens is 2. The van der Waals surface area contributed by atoms with Crippen LogP contribution in [0.1, 0.15) is 45.4 Å². The minimum Gasteiger partial charge on any atom is -0.345 e. The van der Waals surface area contributed by atoms with E-state index in [1.54, 1.807) is 0 Å². The molecule has 1 aliphatic rings. The summed E-state index contributed by atoms with van der Waals surface area (Å²) in [5.74, 6) is 0.243. The van der Waals surface area contributed by atoms with E-state index in [1.807, 2.05) is 29.1 Å². The monoisotopic (exact) mass is 340 g/mol. The summed E-state index contributed by atoms with van der Waals surface area (Å²) in [7, 11) is 0. The Kier molecular flexibility index (Phi) is 4.81. The van der Waals surface area contributed by atoms with Gasteiger partial charge in [-0.1, -0.05) is 18.2 Å². The third-order valence-electron chi connectivity index (χ3n) is 4.39. The molecule has 3 rings (SSSR count). The number of carbonyl (C=O) groups excluding carboxylic acids is 1. The number of nitriles is 1. The van der Waals surface area contributed by atoms with Crippen molar-refractivity contribution in [2.24, 2.45) is 0 Å². The second kappa shape index (κ2) is 7.02. The summed E-state index contributed by atoms with van der Waals surface area (Å²) in [6.45, 7) is 4.69. The fourth-order valence-electron chi connectivity index (χ4n) is 3.29. The fraction of sp³-hybridized carbons (Fsp3) is 0.389. The molecule has 124 valence electrons. The Balaban J connectivity index is 1.68. The summed E-state index contributed by atoms with van der Waals surface area (Å²) < 4.78 is 1.92. The maximum Gasteiger partial charge on any atom is 0.261 e. The molecule has 6 heteroatoms. The molecule has 0 spiro atoms. The highest BCUT2D eigenvalue weighted by Crippen LogP contribution is 2.33. The third-order valence-corrected chi connectivity index (χ3v) is 5.26. The zero-order chi connectivity index (χ0) is 17.1. The normalized spacial score (nSPS) is 19.4. The number of aryl methyl sites for hydroxylation is 2. The van der Waals surface area contributed by atoms with E-state index in [2.05, 4.69) is 35.6 Å². The molecule has 0 saturated carbocycles. The number of allylic oxidation sites excluding steroid dienone is 1. The van der Waals surface area contributed by atoms with Crippen molar-refractivity contribution in [3.63, 3.8) is 0 Å². The summed E-state index contributed by atoms with van der Waals surface area (Å²) in [6.07, 6.45) is 5.54. The molecule has 0 aliphatic heterocycles. The van der Waals surface area contributed by atoms with Crippen molar-refractivity contribution in [2.45, 2.75) is 45.2 Å². The maximum atomic E-state index is 12.2. The summed E-state index contributed by atoms with van der Waals surface area (Å²) in [5, 5.41) is 18.3. The van der Waals surface area contributed by atoms with Gasteiger partial charge in [0, 0.05) is 23.2 Å². The first kappa shape index (κ1) is 16.5. The molecule has 2 atom stereocenters. The molecular formula is C18H20N4OS. The molecule has 0 aromatic carbocycles. The molecule has 1 amide bonds. The zero-order valence-electron chi connectivity index (χ0n) is 13.8. The van der Waals surface area contributed by atoms with Gasteiger partial charge in [-0.3, -0.25) is 9.48 Å². The van der Waals surface area contributed by atoms with Gasteiger partial charge in [-0.2, -0.15) is 10.4 Å². The molecule has 1 N–H and O–H groups in total. The number of hydrogen-bond acceptors (Lipinski definition) is 4. The van der Waals surface area contributed by atoms with E-state index >= 15 is 0 Å². The average molecular weight is 340 g/mol. The first-order valence-electron chi connectivity index (χ1n) is 8.03. The lowest BCUT2D eigenvalue weighted by Gasteiger charge is -2.14. The first-order valence-corrected chi connectivity index (χ1v) is 8.91. The number of carbonyl (C=O) groups is 1. The molecule has 0 unspecified atom stereocenters. The molecule has 2 aromatic heterocycles. The number of rotatable bonds is 5. The van der Waals surface area contributed by atoms with Crippen LogP contribution in [0.3, 0.4) is 0 Å². The van der Waals surface area contributed by atoms with Gasteiger partial charge in [0.1, 0.15) is 0 Å². The van der Waals surface area contributed by atoms with Crippen molar-refractivity contribution in [3.05, 3.63) is 51.5 Å². The van der Waals surface area contributed by atoms with Crippen LogP contribution in [-0.4, -0.2) is 21.7 Å². The van der Waals surface area contributed by atoms with Gasteiger partial charge >= 0.3 is 0 Å². The van der Waals surface area contributed by atoms with Crippen LogP contribution >= 0.6 is 11.3 Å². The van der Waals surface area contributed by atoms with Crippen LogP contribution < -0.4 is 5.32 Å². The van der Waals surface area contributed by atoms with E-state index in [4.69, 9.17) is 5.26 Å². The molecule has 5 nitrogen and oxygen atoms in total. The van der Waals surface area contributed by atoms with Gasteiger partial charge in [-0.15, -0.1) is 11.3 Å². The lowest BCUT2D eigenvalue weighted by molar-refractivity contribution is 0.0948. The van der Waals surface area contributed by atoms with E-state index in [0.29, 0.717) is 13.0 Å². The molecule has 1 aliphatic carbocycles. The number of hydrogen-bond donors (Lipinski definition) is 1. The van der Waals surface area contributed by atoms with Crippen LogP contribution in [-0.2, 0) is 6.54 Å². The Morgan fingerprint density at radius 1 is 1.50 bits per heavy atom. The van der Waals surface area contributed by atoms with Crippen LogP contribution in [0.4, 0.5) is 0 Å². The summed E-state index contributed by atoms with van der Waals surface area (Å²) in [5.41, 5.74) is 3.34. The molecule has 0 radical (unpaired) electrons. The van der Waals surface area contributed by atoms with Crippen molar-refractivity contribution >= 4 is 17.2 Å². The van der Waals surface area contributed by atoms with E-state index in [9.17, 15) is 4.79 Å². The van der Waals surface area contributed by atoms with Crippen LogP contribution in [0.15, 0.2) is 29.7 Å². The molecule has 0 bridgehead atoms. The molecule has 2 aromatic rings. The number of thiophene rings is 1. The van der Waals surface area contributed by atoms with Gasteiger partial charge in [-0.05, 0) is 31.7 Å². The van der Waals surface area contributed by atoms with Gasteiger partial charge in [-0.25, -0.2) is 0 Å². The van der Waals surface area contributed by atoms with Gasteiger partial charge in [0.05, 0.1) is 29.6 Å². The highest BCUT2D eigenvalue weighted by Gasteiger charge is 2.26. The second-order valence-corrected chi connectivity index (χ2v) is 6.95. The standard InChI is InChI=1S/C18H20N4OS/c1-12-17(13(2)22(21-12)9-4-8-19)14-6-7-15(11-14)20-18(23)16-5-3-10-24-16/h3,5-7,10,14-15H,4,9,11H2,1-2H3,(H,20,23)/t14-,15-/m1/s1. The van der Waals surface area contributed by atoms with Crippen molar-refractivity contribution in [1.82, 2.24) is 15.1 Å². The summed E-state index contributed by atoms with van der Waals surface area (Å²) in [4.78, 5) is 12.9. The quantitative estimate of drug-likeness (QED) is 0.849. The smallest absolute Gasteiger partial charge is 0.261 e. The van der Waals surface area contributed by atoms with Gasteiger partial charge in [0.2, 0.25) is 0 Å². The fourth-order valence-corrected chi connectivity index (χ4v) is 3.92. The van der Waals surface area contributed by atoms with Gasteiger partial charge in [0.15, 0.2) is 0 Å². The van der Waals surface area contributed by atoms with Crippen LogP contribution in [0.5, 0.6) is 0 Å². The van der Waals surface area contributed by atoms with E-state index in [1.165, 1.54) is 16.9 Å². The van der Waals surface area contributed by atoms with Gasteiger partial charge < -0.3 is 5.32 Å². The first-order chi connectivity index (χ1) is 11.6. The minimum absolute atomic E-state index is 0.0153. The minimum atomic E-state index is -0.0153. The Labute approximate surface area is 145 Å². The third kappa shape index (κ3) is 3.26. The second-order valence-electron chi connectivity index (χ2n) is 6.00. The van der Waals surface area contributed by atoms with Crippen molar-refractivity contribution < 1.29 is 4.79 Å². The van der Waals surface area contributed by atoms with Crippen molar-refractivity contribution in [3.8, 4) is 6.07 Å². The number of amides is 1. The highest BCUT2D eigenvalue weighted by atomic mass is 32.1. The number of nitrogens with one attached hydrogen (secondary N) is 1. The molecular weight excluding hydrogens is 320 g/mol. The molecule has 2 heterocycles. The predicted octanol–water partition coefficient (Wildman–Crippen LogP) is 3.32. The maximum absolute atomic E-state index is 12.2. The van der Waals surface area contributed by atoms with Crippen molar-refractivity contribution in [2.75, 3.05) is 0 Å². The lowest BCUT2D eigenvalue weighted by atomic mass is 9.96. The Morgan fingerprint density at radius 3 is 3.04 bits per heavy atom. The Hall–Kier alpha value is -2.39. The SMILES string of the molecule is Cc1nn(CCC#N)c(C)c1[C@@H]1C=C[C@@H](NC(=O)c2cccs2)C1. The van der Waals surface area contributed by atoms with Gasteiger partial charge in [0.25, 0.3) is 5.91 Å². The summed E-state index contributed by atoms with van der Waals surface area (Å²) in [6, 6.07) is 5.93. The molecule has 0 saturated heterocycles. The largest absolute Gasteiger partial charge is 0.345 e. The molecule has 24 heavy (non-hydrogen) atoms. The average Bonchev–Trinajstić information content (AvgIpc) is 3.27. The predicted molar refractivity (Wildman–Crippen MR) is 94.0 cm³/mol. The van der Waals surface area contributed by atoms with Crippen LogP contribution in [0.2, 0.25) is 0 Å². The summed E-state index contributed by atoms with van der Waals surface area (Å²) >= 11 is 1.45. The Bertz CT molecular complexity index is 798. The van der Waals surface area contributed by atoms with E-state index < -0.39 is 0 Å². The van der Waals surface area contributed by atoms with Crippen LogP contribution in [0, 0.1) is 25.2 Å². The van der Waals surface area contributed by atoms with E-state index in [-0.39, 0.29) is 17.9 Å².